The number of benzene rings is 1. The summed E-state index contributed by atoms with van der Waals surface area (Å²) in [5, 5.41) is 0. The van der Waals surface area contributed by atoms with Gasteiger partial charge in [-0.1, -0.05) is 32.0 Å². The average molecular weight is 453 g/mol. The van der Waals surface area contributed by atoms with E-state index in [1.54, 1.807) is 0 Å². The number of hydrogen-bond donors (Lipinski definition) is 0. The van der Waals surface area contributed by atoms with Crippen LogP contribution in [0.4, 0.5) is 0 Å². The summed E-state index contributed by atoms with van der Waals surface area (Å²) < 4.78 is 11.7. The number of rotatable bonds is 4. The minimum Gasteiger partial charge on any atom is -0.463 e. The van der Waals surface area contributed by atoms with Crippen molar-refractivity contribution >= 4 is 11.9 Å². The zero-order chi connectivity index (χ0) is 23.4. The van der Waals surface area contributed by atoms with Crippen LogP contribution in [0.5, 0.6) is 0 Å². The molecule has 180 valence electrons. The molecule has 4 heteroatoms. The molecule has 0 amide bonds. The Bertz CT molecular complexity index is 896. The lowest BCUT2D eigenvalue weighted by Crippen LogP contribution is -2.46. The lowest BCUT2D eigenvalue weighted by molar-refractivity contribution is -0.150. The summed E-state index contributed by atoms with van der Waals surface area (Å²) in [6.45, 7) is 8.68. The molecule has 0 unspecified atom stereocenters. The van der Waals surface area contributed by atoms with Crippen molar-refractivity contribution in [3.05, 3.63) is 35.9 Å². The van der Waals surface area contributed by atoms with Crippen molar-refractivity contribution in [1.82, 2.24) is 0 Å². The molecule has 4 aliphatic rings. The molecule has 4 saturated carbocycles. The van der Waals surface area contributed by atoms with E-state index in [-0.39, 0.29) is 29.6 Å². The van der Waals surface area contributed by atoms with Crippen LogP contribution >= 0.6 is 0 Å². The van der Waals surface area contributed by atoms with Gasteiger partial charge in [0, 0.05) is 12.8 Å². The molecule has 1 aromatic carbocycles. The normalized spacial score (nSPS) is 42.5. The SMILES string of the molecule is CC(=O)O[C@H]1CC[C@@]2(C)[C@H](C1)C[C@@H]1[C@@H]2CC[C@]2(C)[C@@H]([C@@H](C)OC(=O)c3ccccc3)CC[C@@H]12. The molecule has 0 heterocycles. The van der Waals surface area contributed by atoms with Crippen molar-refractivity contribution < 1.29 is 19.1 Å². The van der Waals surface area contributed by atoms with Crippen molar-refractivity contribution in [2.75, 3.05) is 0 Å². The first-order valence-corrected chi connectivity index (χ1v) is 13.2. The van der Waals surface area contributed by atoms with Crippen molar-refractivity contribution in [3.63, 3.8) is 0 Å². The highest BCUT2D eigenvalue weighted by Crippen LogP contribution is 2.70. The Kier molecular flexibility index (Phi) is 5.86. The molecular formula is C29H40O4. The van der Waals surface area contributed by atoms with E-state index in [1.807, 2.05) is 30.3 Å². The number of hydrogen-bond acceptors (Lipinski definition) is 4. The molecule has 4 aliphatic carbocycles. The minimum absolute atomic E-state index is 0.0585. The lowest BCUT2D eigenvalue weighted by Gasteiger charge is -2.51. The fraction of sp³-hybridized carbons (Fsp3) is 0.724. The maximum atomic E-state index is 12.7. The zero-order valence-electron chi connectivity index (χ0n) is 20.7. The Morgan fingerprint density at radius 1 is 0.939 bits per heavy atom. The number of carbonyl (C=O) groups is 2. The molecule has 0 saturated heterocycles. The first kappa shape index (κ1) is 22.9. The van der Waals surface area contributed by atoms with Crippen LogP contribution in [-0.4, -0.2) is 24.1 Å². The maximum absolute atomic E-state index is 12.7. The van der Waals surface area contributed by atoms with Gasteiger partial charge < -0.3 is 9.47 Å². The molecule has 0 spiro atoms. The molecule has 4 fully saturated rings. The molecule has 0 aliphatic heterocycles. The predicted octanol–water partition coefficient (Wildman–Crippen LogP) is 6.43. The quantitative estimate of drug-likeness (QED) is 0.494. The molecule has 0 bridgehead atoms. The van der Waals surface area contributed by atoms with Crippen molar-refractivity contribution in [1.29, 1.82) is 0 Å². The Hall–Kier alpha value is -1.84. The van der Waals surface area contributed by atoms with Gasteiger partial charge in [-0.15, -0.1) is 0 Å². The first-order valence-electron chi connectivity index (χ1n) is 13.2. The summed E-state index contributed by atoms with van der Waals surface area (Å²) in [7, 11) is 0. The topological polar surface area (TPSA) is 52.6 Å². The Labute approximate surface area is 198 Å². The van der Waals surface area contributed by atoms with Crippen LogP contribution in [0.25, 0.3) is 0 Å². The monoisotopic (exact) mass is 452 g/mol. The van der Waals surface area contributed by atoms with Crippen molar-refractivity contribution in [2.45, 2.75) is 91.3 Å². The summed E-state index contributed by atoms with van der Waals surface area (Å²) in [4.78, 5) is 24.3. The van der Waals surface area contributed by atoms with Crippen LogP contribution < -0.4 is 0 Å². The van der Waals surface area contributed by atoms with Gasteiger partial charge in [-0.3, -0.25) is 4.79 Å². The fourth-order valence-corrected chi connectivity index (χ4v) is 9.04. The predicted molar refractivity (Wildman–Crippen MR) is 127 cm³/mol. The molecule has 9 atom stereocenters. The molecule has 1 aromatic rings. The van der Waals surface area contributed by atoms with E-state index in [4.69, 9.17) is 9.47 Å². The highest BCUT2D eigenvalue weighted by Gasteiger charge is 2.63. The van der Waals surface area contributed by atoms with Gasteiger partial charge >= 0.3 is 11.9 Å². The van der Waals surface area contributed by atoms with E-state index in [0.29, 0.717) is 28.7 Å². The highest BCUT2D eigenvalue weighted by molar-refractivity contribution is 5.89. The Morgan fingerprint density at radius 2 is 1.64 bits per heavy atom. The molecule has 0 radical (unpaired) electrons. The molecule has 0 aromatic heterocycles. The lowest BCUT2D eigenvalue weighted by atomic mass is 9.54. The first-order chi connectivity index (χ1) is 15.7. The summed E-state index contributed by atoms with van der Waals surface area (Å²) in [6, 6.07) is 9.38. The standard InChI is InChI=1S/C29H40O4/c1-18(32-27(31)20-8-6-5-7-9-20)24-10-11-25-23-17-21-16-22(33-19(2)30)12-14-28(21,3)26(23)13-15-29(24,25)4/h5-9,18,21-26H,10-17H2,1-4H3/t18-,21-,22+,23+,24-,25+,26+,28+,29-/m1/s1. The van der Waals surface area contributed by atoms with Crippen LogP contribution in [0.15, 0.2) is 30.3 Å². The second kappa shape index (κ2) is 8.43. The van der Waals surface area contributed by atoms with E-state index >= 15 is 0 Å². The van der Waals surface area contributed by atoms with Gasteiger partial charge in [0.1, 0.15) is 12.2 Å². The Balaban J connectivity index is 1.29. The molecule has 4 nitrogen and oxygen atoms in total. The number of ether oxygens (including phenoxy) is 2. The van der Waals surface area contributed by atoms with Gasteiger partial charge in [0.15, 0.2) is 0 Å². The number of carbonyl (C=O) groups excluding carboxylic acids is 2. The largest absolute Gasteiger partial charge is 0.463 e. The molecular weight excluding hydrogens is 412 g/mol. The van der Waals surface area contributed by atoms with Crippen LogP contribution in [0.2, 0.25) is 0 Å². The van der Waals surface area contributed by atoms with E-state index in [0.717, 1.165) is 31.1 Å². The van der Waals surface area contributed by atoms with Gasteiger partial charge in [0.2, 0.25) is 0 Å². The van der Waals surface area contributed by atoms with Crippen molar-refractivity contribution in [2.24, 2.45) is 40.4 Å². The maximum Gasteiger partial charge on any atom is 0.338 e. The number of esters is 2. The minimum atomic E-state index is -0.195. The third kappa shape index (κ3) is 3.82. The van der Waals surface area contributed by atoms with Gasteiger partial charge in [-0.05, 0) is 105 Å². The van der Waals surface area contributed by atoms with Crippen molar-refractivity contribution in [3.8, 4) is 0 Å². The average Bonchev–Trinajstić information content (AvgIpc) is 3.28. The Morgan fingerprint density at radius 3 is 2.36 bits per heavy atom. The van der Waals surface area contributed by atoms with Gasteiger partial charge in [0.25, 0.3) is 0 Å². The van der Waals surface area contributed by atoms with Gasteiger partial charge in [-0.2, -0.15) is 0 Å². The molecule has 33 heavy (non-hydrogen) atoms. The fourth-order valence-electron chi connectivity index (χ4n) is 9.04. The van der Waals surface area contributed by atoms with E-state index < -0.39 is 0 Å². The molecule has 5 rings (SSSR count). The summed E-state index contributed by atoms with van der Waals surface area (Å²) in [5.41, 5.74) is 1.28. The van der Waals surface area contributed by atoms with E-state index in [9.17, 15) is 9.59 Å². The number of fused-ring (bicyclic) bond motifs is 5. The summed E-state index contributed by atoms with van der Waals surface area (Å²) in [5.74, 6) is 3.04. The van der Waals surface area contributed by atoms with Crippen LogP contribution in [-0.2, 0) is 14.3 Å². The third-order valence-corrected chi connectivity index (χ3v) is 10.6. The summed E-state index contributed by atoms with van der Waals surface area (Å²) in [6.07, 6.45) is 9.53. The molecule has 0 N–H and O–H groups in total. The smallest absolute Gasteiger partial charge is 0.338 e. The van der Waals surface area contributed by atoms with Crippen LogP contribution in [0.3, 0.4) is 0 Å². The summed E-state index contributed by atoms with van der Waals surface area (Å²) >= 11 is 0. The van der Waals surface area contributed by atoms with Gasteiger partial charge in [-0.25, -0.2) is 4.79 Å². The van der Waals surface area contributed by atoms with Crippen LogP contribution in [0, 0.1) is 40.4 Å². The van der Waals surface area contributed by atoms with E-state index in [2.05, 4.69) is 20.8 Å². The van der Waals surface area contributed by atoms with Gasteiger partial charge in [0.05, 0.1) is 5.56 Å². The second-order valence-corrected chi connectivity index (χ2v) is 12.0. The van der Waals surface area contributed by atoms with Crippen LogP contribution in [0.1, 0.15) is 89.4 Å². The van der Waals surface area contributed by atoms with E-state index in [1.165, 1.54) is 39.0 Å². The second-order valence-electron chi connectivity index (χ2n) is 12.0. The highest BCUT2D eigenvalue weighted by atomic mass is 16.5. The third-order valence-electron chi connectivity index (χ3n) is 10.6. The zero-order valence-corrected chi connectivity index (χ0v) is 20.7.